The van der Waals surface area contributed by atoms with E-state index in [2.05, 4.69) is 30.7 Å². The normalized spacial score (nSPS) is 18.4. The fraction of sp³-hybridized carbons (Fsp3) is 0.500. The maximum atomic E-state index is 11.8. The summed E-state index contributed by atoms with van der Waals surface area (Å²) in [5.74, 6) is 2.13. The van der Waals surface area contributed by atoms with Gasteiger partial charge in [0, 0.05) is 45.0 Å². The van der Waals surface area contributed by atoms with Crippen LogP contribution in [0, 0.1) is 0 Å². The van der Waals surface area contributed by atoms with Gasteiger partial charge in [0.25, 0.3) is 0 Å². The first-order valence-corrected chi connectivity index (χ1v) is 8.09. The first-order valence-electron chi connectivity index (χ1n) is 8.09. The average molecular weight is 312 g/mol. The number of carbonyl (C=O) groups excluding carboxylic acids is 1. The van der Waals surface area contributed by atoms with Gasteiger partial charge in [-0.2, -0.15) is 0 Å². The third kappa shape index (κ3) is 2.96. The van der Waals surface area contributed by atoms with Gasteiger partial charge in [-0.1, -0.05) is 6.07 Å². The highest BCUT2D eigenvalue weighted by molar-refractivity contribution is 5.77. The van der Waals surface area contributed by atoms with Crippen molar-refractivity contribution in [1.29, 1.82) is 0 Å². The van der Waals surface area contributed by atoms with E-state index in [9.17, 15) is 4.79 Å². The molecule has 2 aromatic rings. The van der Waals surface area contributed by atoms with Crippen LogP contribution in [-0.4, -0.2) is 48.5 Å². The Bertz CT molecular complexity index is 698. The van der Waals surface area contributed by atoms with Crippen molar-refractivity contribution in [1.82, 2.24) is 29.5 Å². The predicted octanol–water partition coefficient (Wildman–Crippen LogP) is 0.811. The molecule has 7 nitrogen and oxygen atoms in total. The van der Waals surface area contributed by atoms with Crippen LogP contribution in [0.3, 0.4) is 0 Å². The minimum absolute atomic E-state index is 0.233. The number of nitrogens with zero attached hydrogens (tertiary/aromatic N) is 6. The molecule has 1 amide bonds. The Balaban J connectivity index is 1.43. The van der Waals surface area contributed by atoms with Gasteiger partial charge < -0.3 is 9.47 Å². The van der Waals surface area contributed by atoms with Gasteiger partial charge in [0.1, 0.15) is 5.82 Å². The van der Waals surface area contributed by atoms with E-state index in [-0.39, 0.29) is 5.91 Å². The molecule has 1 fully saturated rings. The third-order valence-corrected chi connectivity index (χ3v) is 4.54. The highest BCUT2D eigenvalue weighted by Crippen LogP contribution is 2.18. The number of hydrogen-bond donors (Lipinski definition) is 0. The van der Waals surface area contributed by atoms with E-state index >= 15 is 0 Å². The quantitative estimate of drug-likeness (QED) is 0.836. The van der Waals surface area contributed by atoms with Crippen LogP contribution >= 0.6 is 0 Å². The Morgan fingerprint density at radius 2 is 2.09 bits per heavy atom. The molecule has 0 spiro atoms. The number of hydrogen-bond acceptors (Lipinski definition) is 5. The molecule has 0 saturated carbocycles. The van der Waals surface area contributed by atoms with Gasteiger partial charge in [0.15, 0.2) is 5.82 Å². The molecule has 120 valence electrons. The molecule has 1 saturated heterocycles. The van der Waals surface area contributed by atoms with Crippen LogP contribution in [-0.2, 0) is 31.0 Å². The van der Waals surface area contributed by atoms with E-state index in [1.807, 2.05) is 17.2 Å². The zero-order valence-electron chi connectivity index (χ0n) is 13.1. The van der Waals surface area contributed by atoms with E-state index in [1.165, 1.54) is 5.56 Å². The van der Waals surface area contributed by atoms with Gasteiger partial charge in [-0.25, -0.2) is 0 Å². The van der Waals surface area contributed by atoms with Crippen molar-refractivity contribution in [3.8, 4) is 0 Å². The second-order valence-corrected chi connectivity index (χ2v) is 6.17. The van der Waals surface area contributed by atoms with Crippen molar-refractivity contribution >= 4 is 5.91 Å². The Kier molecular flexibility index (Phi) is 3.78. The summed E-state index contributed by atoms with van der Waals surface area (Å²) in [6.07, 6.45) is 5.32. The van der Waals surface area contributed by atoms with E-state index < -0.39 is 0 Å². The minimum Gasteiger partial charge on any atom is -0.335 e. The summed E-state index contributed by atoms with van der Waals surface area (Å²) in [6, 6.07) is 4.06. The van der Waals surface area contributed by atoms with Crippen LogP contribution in [0.5, 0.6) is 0 Å². The fourth-order valence-electron chi connectivity index (χ4n) is 3.31. The maximum absolute atomic E-state index is 11.8. The number of fused-ring (bicyclic) bond motifs is 1. The van der Waals surface area contributed by atoms with Crippen molar-refractivity contribution in [3.05, 3.63) is 41.7 Å². The van der Waals surface area contributed by atoms with Crippen LogP contribution in [0.15, 0.2) is 24.5 Å². The smallest absolute Gasteiger partial charge is 0.223 e. The monoisotopic (exact) mass is 312 g/mol. The summed E-state index contributed by atoms with van der Waals surface area (Å²) in [7, 11) is 0. The average Bonchev–Trinajstić information content (AvgIpc) is 3.16. The van der Waals surface area contributed by atoms with Crippen LogP contribution < -0.4 is 0 Å². The van der Waals surface area contributed by atoms with Crippen LogP contribution in [0.4, 0.5) is 0 Å². The van der Waals surface area contributed by atoms with E-state index in [0.29, 0.717) is 13.0 Å². The molecule has 0 aromatic carbocycles. The molecular weight excluding hydrogens is 292 g/mol. The molecular formula is C16H20N6O. The Morgan fingerprint density at radius 1 is 1.13 bits per heavy atom. The lowest BCUT2D eigenvalue weighted by Crippen LogP contribution is -2.35. The number of amides is 1. The standard InChI is InChI=1S/C16H20N6O/c23-16-4-2-6-21(16)12-15-19-18-14-11-20(7-8-22(14)15)10-13-3-1-5-17-9-13/h1,3,5,9H,2,4,6-8,10-12H2. The number of rotatable bonds is 4. The largest absolute Gasteiger partial charge is 0.335 e. The summed E-state index contributed by atoms with van der Waals surface area (Å²) in [5.41, 5.74) is 1.21. The number of pyridine rings is 1. The summed E-state index contributed by atoms with van der Waals surface area (Å²) < 4.78 is 2.17. The van der Waals surface area contributed by atoms with E-state index in [1.54, 1.807) is 6.20 Å². The highest BCUT2D eigenvalue weighted by atomic mass is 16.2. The topological polar surface area (TPSA) is 67.2 Å². The Labute approximate surface area is 134 Å². The van der Waals surface area contributed by atoms with Gasteiger partial charge in [-0.3, -0.25) is 14.7 Å². The lowest BCUT2D eigenvalue weighted by molar-refractivity contribution is -0.128. The van der Waals surface area contributed by atoms with Crippen molar-refractivity contribution in [2.24, 2.45) is 0 Å². The zero-order chi connectivity index (χ0) is 15.6. The lowest BCUT2D eigenvalue weighted by atomic mass is 10.2. The molecule has 0 atom stereocenters. The van der Waals surface area contributed by atoms with Crippen molar-refractivity contribution in [2.45, 2.75) is 39.0 Å². The van der Waals surface area contributed by atoms with Gasteiger partial charge >= 0.3 is 0 Å². The second-order valence-electron chi connectivity index (χ2n) is 6.17. The van der Waals surface area contributed by atoms with Crippen molar-refractivity contribution in [3.63, 3.8) is 0 Å². The van der Waals surface area contributed by atoms with Crippen molar-refractivity contribution in [2.75, 3.05) is 13.1 Å². The first-order chi connectivity index (χ1) is 11.3. The lowest BCUT2D eigenvalue weighted by Gasteiger charge is -2.28. The summed E-state index contributed by atoms with van der Waals surface area (Å²) in [6.45, 7) is 4.93. The van der Waals surface area contributed by atoms with Gasteiger partial charge in [0.2, 0.25) is 5.91 Å². The SMILES string of the molecule is O=C1CCCN1Cc1nnc2n1CCN(Cc1cccnc1)C2. The van der Waals surface area contributed by atoms with Gasteiger partial charge in [0.05, 0.1) is 13.1 Å². The second kappa shape index (κ2) is 6.08. The van der Waals surface area contributed by atoms with Crippen LogP contribution in [0.1, 0.15) is 30.1 Å². The van der Waals surface area contributed by atoms with E-state index in [0.717, 1.165) is 50.8 Å². The predicted molar refractivity (Wildman–Crippen MR) is 83.0 cm³/mol. The Hall–Kier alpha value is -2.28. The maximum Gasteiger partial charge on any atom is 0.223 e. The minimum atomic E-state index is 0.233. The number of carbonyl (C=O) groups is 1. The first kappa shape index (κ1) is 14.3. The third-order valence-electron chi connectivity index (χ3n) is 4.54. The van der Waals surface area contributed by atoms with Crippen molar-refractivity contribution < 1.29 is 4.79 Å². The molecule has 0 radical (unpaired) electrons. The zero-order valence-corrected chi connectivity index (χ0v) is 13.1. The number of aromatic nitrogens is 4. The molecule has 7 heteroatoms. The Morgan fingerprint density at radius 3 is 2.87 bits per heavy atom. The molecule has 0 unspecified atom stereocenters. The van der Waals surface area contributed by atoms with Crippen LogP contribution in [0.25, 0.3) is 0 Å². The van der Waals surface area contributed by atoms with Crippen LogP contribution in [0.2, 0.25) is 0 Å². The van der Waals surface area contributed by atoms with E-state index in [4.69, 9.17) is 0 Å². The molecule has 0 N–H and O–H groups in total. The molecule has 4 rings (SSSR count). The molecule has 0 bridgehead atoms. The molecule has 4 heterocycles. The molecule has 2 aliphatic heterocycles. The molecule has 23 heavy (non-hydrogen) atoms. The molecule has 0 aliphatic carbocycles. The summed E-state index contributed by atoms with van der Waals surface area (Å²) >= 11 is 0. The summed E-state index contributed by atoms with van der Waals surface area (Å²) in [4.78, 5) is 20.2. The fourth-order valence-corrected chi connectivity index (χ4v) is 3.31. The van der Waals surface area contributed by atoms with Gasteiger partial charge in [-0.15, -0.1) is 10.2 Å². The highest BCUT2D eigenvalue weighted by Gasteiger charge is 2.25. The molecule has 2 aromatic heterocycles. The molecule has 2 aliphatic rings. The van der Waals surface area contributed by atoms with Gasteiger partial charge in [-0.05, 0) is 18.1 Å². The number of likely N-dealkylation sites (tertiary alicyclic amines) is 1. The summed E-state index contributed by atoms with van der Waals surface area (Å²) in [5, 5.41) is 8.65.